The lowest BCUT2D eigenvalue weighted by molar-refractivity contribution is -0.162. The summed E-state index contributed by atoms with van der Waals surface area (Å²) in [7, 11) is 1.36. The van der Waals surface area contributed by atoms with Crippen molar-refractivity contribution in [2.75, 3.05) is 7.11 Å². The minimum Gasteiger partial charge on any atom is -0.480 e. The highest BCUT2D eigenvalue weighted by Crippen LogP contribution is 2.40. The highest BCUT2D eigenvalue weighted by atomic mass is 16.6. The number of esters is 1. The van der Waals surface area contributed by atoms with Crippen molar-refractivity contribution in [3.8, 4) is 0 Å². The Morgan fingerprint density at radius 3 is 2.82 bits per heavy atom. The van der Waals surface area contributed by atoms with E-state index < -0.39 is 5.97 Å². The Hall–Kier alpha value is -1.03. The van der Waals surface area contributed by atoms with Crippen LogP contribution in [0.4, 0.5) is 0 Å². The molecule has 0 aromatic rings. The summed E-state index contributed by atoms with van der Waals surface area (Å²) < 4.78 is 16.3. The van der Waals surface area contributed by atoms with Crippen molar-refractivity contribution in [2.45, 2.75) is 51.4 Å². The van der Waals surface area contributed by atoms with Gasteiger partial charge in [0.25, 0.3) is 0 Å². The average molecular weight is 240 g/mol. The summed E-state index contributed by atoms with van der Waals surface area (Å²) in [6, 6.07) is 0. The van der Waals surface area contributed by atoms with E-state index in [1.165, 1.54) is 7.11 Å². The summed E-state index contributed by atoms with van der Waals surface area (Å²) >= 11 is 0. The lowest BCUT2D eigenvalue weighted by Crippen LogP contribution is -2.49. The van der Waals surface area contributed by atoms with Crippen LogP contribution in [-0.2, 0) is 19.0 Å². The summed E-state index contributed by atoms with van der Waals surface area (Å²) in [5, 5.41) is 0. The fourth-order valence-corrected chi connectivity index (χ4v) is 2.66. The molecule has 0 amide bonds. The number of carbonyl (C=O) groups is 1. The normalized spacial score (nSPS) is 35.3. The first-order valence-corrected chi connectivity index (χ1v) is 6.08. The van der Waals surface area contributed by atoms with Gasteiger partial charge in [-0.15, -0.1) is 0 Å². The molecule has 1 fully saturated rings. The number of fused-ring (bicyclic) bond motifs is 1. The van der Waals surface area contributed by atoms with Crippen LogP contribution in [0.15, 0.2) is 11.8 Å². The monoisotopic (exact) mass is 240 g/mol. The molecule has 17 heavy (non-hydrogen) atoms. The molecule has 1 saturated heterocycles. The Morgan fingerprint density at radius 2 is 2.18 bits per heavy atom. The SMILES string of the molecule is COC(=O)C1=C[C@@H]2O[C@H](C)CC[C@H]2C(C)(C)O1. The first-order chi connectivity index (χ1) is 7.94. The minimum atomic E-state index is -0.432. The second kappa shape index (κ2) is 4.33. The van der Waals surface area contributed by atoms with E-state index in [2.05, 4.69) is 6.92 Å². The third kappa shape index (κ3) is 2.32. The van der Waals surface area contributed by atoms with Gasteiger partial charge in [0.2, 0.25) is 5.76 Å². The Bertz CT molecular complexity index is 345. The molecule has 2 rings (SSSR count). The molecule has 0 saturated carbocycles. The van der Waals surface area contributed by atoms with Gasteiger partial charge < -0.3 is 14.2 Å². The van der Waals surface area contributed by atoms with Gasteiger partial charge in [-0.05, 0) is 39.7 Å². The number of hydrogen-bond donors (Lipinski definition) is 0. The first kappa shape index (κ1) is 12.4. The van der Waals surface area contributed by atoms with Crippen molar-refractivity contribution in [3.63, 3.8) is 0 Å². The van der Waals surface area contributed by atoms with Crippen molar-refractivity contribution in [2.24, 2.45) is 5.92 Å². The molecular formula is C13H20O4. The topological polar surface area (TPSA) is 44.8 Å². The number of ether oxygens (including phenoxy) is 3. The third-order valence-electron chi connectivity index (χ3n) is 3.64. The highest BCUT2D eigenvalue weighted by Gasteiger charge is 2.45. The molecule has 2 heterocycles. The van der Waals surface area contributed by atoms with E-state index >= 15 is 0 Å². The summed E-state index contributed by atoms with van der Waals surface area (Å²) in [4.78, 5) is 11.5. The molecule has 4 nitrogen and oxygen atoms in total. The molecule has 0 aliphatic carbocycles. The molecule has 0 bridgehead atoms. The van der Waals surface area contributed by atoms with Crippen LogP contribution < -0.4 is 0 Å². The van der Waals surface area contributed by atoms with Gasteiger partial charge in [0.1, 0.15) is 5.60 Å². The second-order valence-corrected chi connectivity index (χ2v) is 5.32. The van der Waals surface area contributed by atoms with Gasteiger partial charge in [0.15, 0.2) is 0 Å². The molecule has 0 unspecified atom stereocenters. The van der Waals surface area contributed by atoms with E-state index in [1.54, 1.807) is 6.08 Å². The van der Waals surface area contributed by atoms with E-state index in [1.807, 2.05) is 13.8 Å². The fraction of sp³-hybridized carbons (Fsp3) is 0.769. The fourth-order valence-electron chi connectivity index (χ4n) is 2.66. The number of rotatable bonds is 1. The van der Waals surface area contributed by atoms with Crippen molar-refractivity contribution in [1.82, 2.24) is 0 Å². The maximum atomic E-state index is 11.5. The predicted octanol–water partition coefficient (Wildman–Crippen LogP) is 2.04. The molecule has 3 atom stereocenters. The Balaban J connectivity index is 2.26. The summed E-state index contributed by atoms with van der Waals surface area (Å²) in [6.07, 6.45) is 4.05. The van der Waals surface area contributed by atoms with Crippen LogP contribution in [0.5, 0.6) is 0 Å². The zero-order chi connectivity index (χ0) is 12.6. The van der Waals surface area contributed by atoms with Gasteiger partial charge in [-0.1, -0.05) is 0 Å². The van der Waals surface area contributed by atoms with Crippen molar-refractivity contribution >= 4 is 5.97 Å². The lowest BCUT2D eigenvalue weighted by Gasteiger charge is -2.46. The molecule has 0 aromatic carbocycles. The molecule has 96 valence electrons. The van der Waals surface area contributed by atoms with Crippen LogP contribution in [0.2, 0.25) is 0 Å². The van der Waals surface area contributed by atoms with Crippen LogP contribution >= 0.6 is 0 Å². The van der Waals surface area contributed by atoms with Gasteiger partial charge in [0, 0.05) is 5.92 Å². The van der Waals surface area contributed by atoms with Crippen molar-refractivity contribution in [1.29, 1.82) is 0 Å². The third-order valence-corrected chi connectivity index (χ3v) is 3.64. The van der Waals surface area contributed by atoms with E-state index in [-0.39, 0.29) is 23.6 Å². The summed E-state index contributed by atoms with van der Waals surface area (Å²) in [6.45, 7) is 6.06. The van der Waals surface area contributed by atoms with Gasteiger partial charge in [0.05, 0.1) is 19.3 Å². The predicted molar refractivity (Wildman–Crippen MR) is 62.3 cm³/mol. The average Bonchev–Trinajstić information content (AvgIpc) is 2.26. The van der Waals surface area contributed by atoms with Crippen LogP contribution in [0.25, 0.3) is 0 Å². The summed E-state index contributed by atoms with van der Waals surface area (Å²) in [5.41, 5.74) is -0.386. The van der Waals surface area contributed by atoms with Crippen LogP contribution in [0.3, 0.4) is 0 Å². The molecular weight excluding hydrogens is 220 g/mol. The Kier molecular flexibility index (Phi) is 3.17. The molecule has 0 aromatic heterocycles. The van der Waals surface area contributed by atoms with Gasteiger partial charge in [-0.25, -0.2) is 4.79 Å². The maximum Gasteiger partial charge on any atom is 0.373 e. The van der Waals surface area contributed by atoms with E-state index in [0.29, 0.717) is 5.92 Å². The van der Waals surface area contributed by atoms with Gasteiger partial charge in [-0.2, -0.15) is 0 Å². The number of hydrogen-bond acceptors (Lipinski definition) is 4. The Labute approximate surface area is 102 Å². The van der Waals surface area contributed by atoms with E-state index in [4.69, 9.17) is 14.2 Å². The molecule has 2 aliphatic heterocycles. The molecule has 0 N–H and O–H groups in total. The second-order valence-electron chi connectivity index (χ2n) is 5.32. The highest BCUT2D eigenvalue weighted by molar-refractivity contribution is 5.86. The zero-order valence-electron chi connectivity index (χ0n) is 10.9. The molecule has 4 heteroatoms. The van der Waals surface area contributed by atoms with E-state index in [0.717, 1.165) is 12.8 Å². The van der Waals surface area contributed by atoms with Crippen molar-refractivity contribution in [3.05, 3.63) is 11.8 Å². The van der Waals surface area contributed by atoms with Crippen LogP contribution in [-0.4, -0.2) is 30.9 Å². The molecule has 0 radical (unpaired) electrons. The minimum absolute atomic E-state index is 0.0448. The smallest absolute Gasteiger partial charge is 0.373 e. The maximum absolute atomic E-state index is 11.5. The number of carbonyl (C=O) groups excluding carboxylic acids is 1. The van der Waals surface area contributed by atoms with E-state index in [9.17, 15) is 4.79 Å². The van der Waals surface area contributed by atoms with Crippen molar-refractivity contribution < 1.29 is 19.0 Å². The molecule has 0 spiro atoms. The van der Waals surface area contributed by atoms with Gasteiger partial charge >= 0.3 is 5.97 Å². The zero-order valence-corrected chi connectivity index (χ0v) is 10.9. The summed E-state index contributed by atoms with van der Waals surface area (Å²) in [5.74, 6) is 0.137. The molecule has 2 aliphatic rings. The van der Waals surface area contributed by atoms with Gasteiger partial charge in [-0.3, -0.25) is 0 Å². The quantitative estimate of drug-likeness (QED) is 0.658. The first-order valence-electron chi connectivity index (χ1n) is 6.08. The lowest BCUT2D eigenvalue weighted by atomic mass is 9.78. The number of methoxy groups -OCH3 is 1. The van der Waals surface area contributed by atoms with Crippen LogP contribution in [0, 0.1) is 5.92 Å². The Morgan fingerprint density at radius 1 is 1.47 bits per heavy atom. The largest absolute Gasteiger partial charge is 0.480 e. The standard InChI is InChI=1S/C13H20O4/c1-8-5-6-9-10(16-8)7-11(12(14)15-4)17-13(9,2)3/h7-10H,5-6H2,1-4H3/t8-,9-,10+/m1/s1. The van der Waals surface area contributed by atoms with Crippen LogP contribution in [0.1, 0.15) is 33.6 Å².